The van der Waals surface area contributed by atoms with Crippen LogP contribution in [0, 0.1) is 0 Å². The van der Waals surface area contributed by atoms with Crippen LogP contribution in [0.4, 0.5) is 4.79 Å². The van der Waals surface area contributed by atoms with Crippen LogP contribution in [0.5, 0.6) is 5.88 Å². The first kappa shape index (κ1) is 18.0. The summed E-state index contributed by atoms with van der Waals surface area (Å²) in [4.78, 5) is 29.9. The minimum atomic E-state index is -0.539. The molecule has 24 heavy (non-hydrogen) atoms. The van der Waals surface area contributed by atoms with Crippen molar-refractivity contribution in [2.24, 2.45) is 0 Å². The summed E-state index contributed by atoms with van der Waals surface area (Å²) >= 11 is 0. The molecule has 132 valence electrons. The van der Waals surface area contributed by atoms with Crippen molar-refractivity contribution in [2.45, 2.75) is 46.3 Å². The van der Waals surface area contributed by atoms with Crippen molar-refractivity contribution in [2.75, 3.05) is 19.7 Å². The van der Waals surface area contributed by atoms with Gasteiger partial charge >= 0.3 is 6.09 Å². The number of amides is 2. The first-order valence-electron chi connectivity index (χ1n) is 8.19. The van der Waals surface area contributed by atoms with Crippen LogP contribution >= 0.6 is 0 Å². The first-order chi connectivity index (χ1) is 11.3. The quantitative estimate of drug-likeness (QED) is 0.863. The second-order valence-corrected chi connectivity index (χ2v) is 6.66. The van der Waals surface area contributed by atoms with Gasteiger partial charge in [-0.3, -0.25) is 4.79 Å². The Morgan fingerprint density at radius 1 is 1.38 bits per heavy atom. The molecule has 0 saturated carbocycles. The smallest absolute Gasteiger partial charge is 0.407 e. The molecule has 1 N–H and O–H groups in total. The molecular formula is C17H25N3O4. The lowest BCUT2D eigenvalue weighted by Gasteiger charge is -2.20. The van der Waals surface area contributed by atoms with Crippen molar-refractivity contribution >= 4 is 12.0 Å². The topological polar surface area (TPSA) is 80.8 Å². The number of nitrogens with one attached hydrogen (secondary N) is 1. The molecule has 1 aromatic rings. The van der Waals surface area contributed by atoms with Crippen LogP contribution in [0.1, 0.15) is 50.2 Å². The highest BCUT2D eigenvalue weighted by Gasteiger charge is 2.29. The zero-order valence-electron chi connectivity index (χ0n) is 14.7. The summed E-state index contributed by atoms with van der Waals surface area (Å²) < 4.78 is 10.6. The van der Waals surface area contributed by atoms with Crippen LogP contribution < -0.4 is 10.1 Å². The minimum absolute atomic E-state index is 0.141. The predicted molar refractivity (Wildman–Crippen MR) is 89.0 cm³/mol. The summed E-state index contributed by atoms with van der Waals surface area (Å²) in [6.07, 6.45) is 0.398. The SMILES string of the molecule is CCCOc1ccc2c(n1)C(=O)N(CCNC(=O)OC(C)(C)C)C2. The number of hydrogen-bond acceptors (Lipinski definition) is 5. The van der Waals surface area contributed by atoms with Gasteiger partial charge in [0.1, 0.15) is 11.3 Å². The molecule has 0 radical (unpaired) electrons. The van der Waals surface area contributed by atoms with E-state index in [1.165, 1.54) is 0 Å². The highest BCUT2D eigenvalue weighted by Crippen LogP contribution is 2.23. The van der Waals surface area contributed by atoms with E-state index in [2.05, 4.69) is 10.3 Å². The van der Waals surface area contributed by atoms with Crippen LogP contribution in [0.2, 0.25) is 0 Å². The third-order valence-electron chi connectivity index (χ3n) is 3.31. The van der Waals surface area contributed by atoms with Crippen LogP contribution in [-0.2, 0) is 11.3 Å². The third kappa shape index (κ3) is 4.84. The van der Waals surface area contributed by atoms with E-state index in [1.54, 1.807) is 31.7 Å². The lowest BCUT2D eigenvalue weighted by atomic mass is 10.2. The molecule has 1 aliphatic rings. The highest BCUT2D eigenvalue weighted by atomic mass is 16.6. The molecule has 2 heterocycles. The van der Waals surface area contributed by atoms with Crippen molar-refractivity contribution in [3.63, 3.8) is 0 Å². The second kappa shape index (κ2) is 7.51. The lowest BCUT2D eigenvalue weighted by Crippen LogP contribution is -2.38. The maximum Gasteiger partial charge on any atom is 0.407 e. The highest BCUT2D eigenvalue weighted by molar-refractivity contribution is 5.96. The Morgan fingerprint density at radius 3 is 2.79 bits per heavy atom. The Bertz CT molecular complexity index is 610. The zero-order valence-corrected chi connectivity index (χ0v) is 14.7. The molecule has 1 aromatic heterocycles. The number of aromatic nitrogens is 1. The average Bonchev–Trinajstić information content (AvgIpc) is 2.80. The minimum Gasteiger partial charge on any atom is -0.478 e. The molecule has 0 aliphatic carbocycles. The van der Waals surface area contributed by atoms with Gasteiger partial charge in [0, 0.05) is 31.3 Å². The largest absolute Gasteiger partial charge is 0.478 e. The predicted octanol–water partition coefficient (Wildman–Crippen LogP) is 2.35. The number of pyridine rings is 1. The van der Waals surface area contributed by atoms with E-state index in [4.69, 9.17) is 9.47 Å². The lowest BCUT2D eigenvalue weighted by molar-refractivity contribution is 0.0515. The van der Waals surface area contributed by atoms with Crippen LogP contribution in [-0.4, -0.2) is 47.2 Å². The summed E-state index contributed by atoms with van der Waals surface area (Å²) in [5, 5.41) is 2.65. The fraction of sp³-hybridized carbons (Fsp3) is 0.588. The summed E-state index contributed by atoms with van der Waals surface area (Å²) in [6, 6.07) is 3.65. The molecule has 2 amide bonds. The fourth-order valence-electron chi connectivity index (χ4n) is 2.28. The zero-order chi connectivity index (χ0) is 17.7. The first-order valence-corrected chi connectivity index (χ1v) is 8.19. The Balaban J connectivity index is 1.86. The van der Waals surface area contributed by atoms with Gasteiger partial charge in [0.05, 0.1) is 6.61 Å². The molecule has 0 unspecified atom stereocenters. The molecular weight excluding hydrogens is 310 g/mol. The number of hydrogen-bond donors (Lipinski definition) is 1. The number of rotatable bonds is 6. The molecule has 2 rings (SSSR count). The van der Waals surface area contributed by atoms with E-state index in [0.717, 1.165) is 12.0 Å². The monoisotopic (exact) mass is 335 g/mol. The van der Waals surface area contributed by atoms with E-state index < -0.39 is 11.7 Å². The van der Waals surface area contributed by atoms with Crippen LogP contribution in [0.25, 0.3) is 0 Å². The van der Waals surface area contributed by atoms with E-state index in [-0.39, 0.29) is 5.91 Å². The number of ether oxygens (including phenoxy) is 2. The van der Waals surface area contributed by atoms with E-state index in [0.29, 0.717) is 37.8 Å². The van der Waals surface area contributed by atoms with Gasteiger partial charge in [0.15, 0.2) is 0 Å². The van der Waals surface area contributed by atoms with Crippen LogP contribution in [0.3, 0.4) is 0 Å². The molecule has 1 aliphatic heterocycles. The van der Waals surface area contributed by atoms with Crippen molar-refractivity contribution < 1.29 is 19.1 Å². The summed E-state index contributed by atoms with van der Waals surface area (Å²) in [6.45, 7) is 9.21. The number of carbonyl (C=O) groups is 2. The molecule has 0 spiro atoms. The van der Waals surface area contributed by atoms with Gasteiger partial charge in [-0.25, -0.2) is 9.78 Å². The van der Waals surface area contributed by atoms with E-state index in [9.17, 15) is 9.59 Å². The number of fused-ring (bicyclic) bond motifs is 1. The second-order valence-electron chi connectivity index (χ2n) is 6.66. The van der Waals surface area contributed by atoms with Gasteiger partial charge in [-0.05, 0) is 33.3 Å². The number of alkyl carbamates (subject to hydrolysis) is 1. The summed E-state index contributed by atoms with van der Waals surface area (Å²) in [5.74, 6) is 0.329. The molecule has 0 fully saturated rings. The van der Waals surface area contributed by atoms with E-state index in [1.807, 2.05) is 13.0 Å². The van der Waals surface area contributed by atoms with Gasteiger partial charge in [0.25, 0.3) is 5.91 Å². The molecule has 0 bridgehead atoms. The van der Waals surface area contributed by atoms with Gasteiger partial charge in [-0.2, -0.15) is 0 Å². The Morgan fingerprint density at radius 2 is 2.12 bits per heavy atom. The average molecular weight is 335 g/mol. The van der Waals surface area contributed by atoms with Gasteiger partial charge in [0.2, 0.25) is 5.88 Å². The van der Waals surface area contributed by atoms with Crippen molar-refractivity contribution in [3.05, 3.63) is 23.4 Å². The normalized spacial score (nSPS) is 13.7. The van der Waals surface area contributed by atoms with E-state index >= 15 is 0 Å². The summed E-state index contributed by atoms with van der Waals surface area (Å²) in [5.41, 5.74) is 0.768. The molecule has 0 saturated heterocycles. The number of carbonyl (C=O) groups excluding carboxylic acids is 2. The molecule has 7 nitrogen and oxygen atoms in total. The maximum absolute atomic E-state index is 12.4. The van der Waals surface area contributed by atoms with Crippen molar-refractivity contribution in [1.29, 1.82) is 0 Å². The fourth-order valence-corrected chi connectivity index (χ4v) is 2.28. The Labute approximate surface area is 142 Å². The maximum atomic E-state index is 12.4. The van der Waals surface area contributed by atoms with Gasteiger partial charge in [-0.15, -0.1) is 0 Å². The van der Waals surface area contributed by atoms with Gasteiger partial charge in [-0.1, -0.05) is 6.92 Å². The molecule has 0 aromatic carbocycles. The summed E-state index contributed by atoms with van der Waals surface area (Å²) in [7, 11) is 0. The Kier molecular flexibility index (Phi) is 5.64. The number of nitrogens with zero attached hydrogens (tertiary/aromatic N) is 2. The Hall–Kier alpha value is -2.31. The third-order valence-corrected chi connectivity index (χ3v) is 3.31. The molecule has 0 atom stereocenters. The molecule has 7 heteroatoms. The standard InChI is InChI=1S/C17H25N3O4/c1-5-10-23-13-7-6-12-11-20(15(21)14(12)19-13)9-8-18-16(22)24-17(2,3)4/h6-7H,5,8-11H2,1-4H3,(H,18,22). The van der Waals surface area contributed by atoms with Crippen LogP contribution in [0.15, 0.2) is 12.1 Å². The van der Waals surface area contributed by atoms with Gasteiger partial charge < -0.3 is 19.7 Å². The van der Waals surface area contributed by atoms with Crippen molar-refractivity contribution in [3.8, 4) is 5.88 Å². The van der Waals surface area contributed by atoms with Crippen molar-refractivity contribution in [1.82, 2.24) is 15.2 Å².